The van der Waals surface area contributed by atoms with Gasteiger partial charge in [-0.1, -0.05) is 0 Å². The molecule has 0 aliphatic rings. The lowest BCUT2D eigenvalue weighted by molar-refractivity contribution is -0.164. The molecule has 6 nitrogen and oxygen atoms in total. The number of carbonyl (C=O) groups is 2. The Hall–Kier alpha value is -1.14. The van der Waals surface area contributed by atoms with Crippen LogP contribution in [-0.2, 0) is 19.1 Å². The van der Waals surface area contributed by atoms with Crippen molar-refractivity contribution in [2.24, 2.45) is 0 Å². The summed E-state index contributed by atoms with van der Waals surface area (Å²) in [5.74, 6) is -1.96. The summed E-state index contributed by atoms with van der Waals surface area (Å²) in [4.78, 5) is 20.1. The molecular weight excluding hydrogens is 168 g/mol. The molecule has 0 unspecified atom stereocenters. The number of aliphatic hydroxyl groups excluding tert-OH is 2. The maximum absolute atomic E-state index is 10.0. The minimum absolute atomic E-state index is 0.125. The van der Waals surface area contributed by atoms with Crippen LogP contribution in [0.2, 0.25) is 0 Å². The fraction of sp³-hybridized carbons (Fsp3) is 0.667. The summed E-state index contributed by atoms with van der Waals surface area (Å²) in [6.07, 6.45) is 0. The van der Waals surface area contributed by atoms with Gasteiger partial charge in [0.25, 0.3) is 0 Å². The van der Waals surface area contributed by atoms with Crippen LogP contribution in [0.4, 0.5) is 0 Å². The molecule has 0 amide bonds. The molecule has 0 fully saturated rings. The zero-order chi connectivity index (χ0) is 9.98. The van der Waals surface area contributed by atoms with Crippen LogP contribution in [0.3, 0.4) is 0 Å². The standard InChI is InChI=1S/C4H6O4.C2H6O2/c1-7-3(5)4(6)8-2;3-1-2-4/h1-2H3;3-4H,1-2H2. The van der Waals surface area contributed by atoms with Crippen LogP contribution in [0.5, 0.6) is 0 Å². The van der Waals surface area contributed by atoms with Crippen molar-refractivity contribution in [3.8, 4) is 0 Å². The Kier molecular flexibility index (Phi) is 11.1. The second kappa shape index (κ2) is 9.86. The topological polar surface area (TPSA) is 93.1 Å². The van der Waals surface area contributed by atoms with Gasteiger partial charge in [-0.25, -0.2) is 9.59 Å². The first-order chi connectivity index (χ1) is 5.63. The largest absolute Gasteiger partial charge is 0.461 e. The number of aliphatic hydroxyl groups is 2. The van der Waals surface area contributed by atoms with E-state index >= 15 is 0 Å². The Morgan fingerprint density at radius 3 is 1.33 bits per heavy atom. The maximum Gasteiger partial charge on any atom is 0.417 e. The normalized spacial score (nSPS) is 7.67. The monoisotopic (exact) mass is 180 g/mol. The van der Waals surface area contributed by atoms with Crippen LogP contribution in [0, 0.1) is 0 Å². The predicted molar refractivity (Wildman–Crippen MR) is 38.2 cm³/mol. The third kappa shape index (κ3) is 8.86. The van der Waals surface area contributed by atoms with E-state index in [-0.39, 0.29) is 13.2 Å². The minimum atomic E-state index is -0.979. The molecule has 0 radical (unpaired) electrons. The average molecular weight is 180 g/mol. The van der Waals surface area contributed by atoms with Crippen LogP contribution in [0.25, 0.3) is 0 Å². The molecule has 0 spiro atoms. The van der Waals surface area contributed by atoms with Gasteiger partial charge in [0.1, 0.15) is 0 Å². The van der Waals surface area contributed by atoms with E-state index in [9.17, 15) is 9.59 Å². The van der Waals surface area contributed by atoms with E-state index in [2.05, 4.69) is 9.47 Å². The van der Waals surface area contributed by atoms with Crippen molar-refractivity contribution in [2.45, 2.75) is 0 Å². The summed E-state index contributed by atoms with van der Waals surface area (Å²) >= 11 is 0. The zero-order valence-corrected chi connectivity index (χ0v) is 6.94. The third-order valence-electron chi connectivity index (χ3n) is 0.637. The molecule has 0 aromatic heterocycles. The lowest BCUT2D eigenvalue weighted by atomic mass is 10.7. The van der Waals surface area contributed by atoms with E-state index in [0.717, 1.165) is 14.2 Å². The molecule has 12 heavy (non-hydrogen) atoms. The first-order valence-electron chi connectivity index (χ1n) is 3.02. The number of methoxy groups -OCH3 is 2. The summed E-state index contributed by atoms with van der Waals surface area (Å²) in [5, 5.41) is 15.2. The van der Waals surface area contributed by atoms with Gasteiger partial charge in [-0.05, 0) is 0 Å². The van der Waals surface area contributed by atoms with Crippen molar-refractivity contribution >= 4 is 11.9 Å². The highest BCUT2D eigenvalue weighted by Gasteiger charge is 2.11. The molecule has 2 N–H and O–H groups in total. The second-order valence-corrected chi connectivity index (χ2v) is 1.43. The summed E-state index contributed by atoms with van der Waals surface area (Å²) in [7, 11) is 2.22. The fourth-order valence-corrected chi connectivity index (χ4v) is 0.167. The molecule has 0 rings (SSSR count). The van der Waals surface area contributed by atoms with Gasteiger partial charge in [-0.15, -0.1) is 0 Å². The molecule has 0 atom stereocenters. The first kappa shape index (κ1) is 13.4. The highest BCUT2D eigenvalue weighted by Crippen LogP contribution is 1.75. The Bertz CT molecular complexity index is 116. The van der Waals surface area contributed by atoms with Gasteiger partial charge in [0.15, 0.2) is 0 Å². The van der Waals surface area contributed by atoms with Gasteiger partial charge in [0, 0.05) is 0 Å². The van der Waals surface area contributed by atoms with Crippen LogP contribution >= 0.6 is 0 Å². The molecule has 72 valence electrons. The quantitative estimate of drug-likeness (QED) is 0.369. The van der Waals surface area contributed by atoms with Gasteiger partial charge >= 0.3 is 11.9 Å². The van der Waals surface area contributed by atoms with Gasteiger partial charge in [0.2, 0.25) is 0 Å². The summed E-state index contributed by atoms with van der Waals surface area (Å²) < 4.78 is 7.98. The highest BCUT2D eigenvalue weighted by atomic mass is 16.6. The highest BCUT2D eigenvalue weighted by molar-refractivity contribution is 6.29. The van der Waals surface area contributed by atoms with Crippen molar-refractivity contribution in [1.82, 2.24) is 0 Å². The smallest absolute Gasteiger partial charge is 0.417 e. The molecule has 0 saturated heterocycles. The molecule has 0 aromatic rings. The number of esters is 2. The van der Waals surface area contributed by atoms with Gasteiger partial charge in [-0.2, -0.15) is 0 Å². The third-order valence-corrected chi connectivity index (χ3v) is 0.637. The van der Waals surface area contributed by atoms with E-state index in [1.54, 1.807) is 0 Å². The van der Waals surface area contributed by atoms with Gasteiger partial charge in [0.05, 0.1) is 27.4 Å². The van der Waals surface area contributed by atoms with E-state index in [4.69, 9.17) is 10.2 Å². The van der Waals surface area contributed by atoms with Crippen molar-refractivity contribution in [3.63, 3.8) is 0 Å². The summed E-state index contributed by atoms with van der Waals surface area (Å²) in [6, 6.07) is 0. The fourth-order valence-electron chi connectivity index (χ4n) is 0.167. The van der Waals surface area contributed by atoms with E-state index in [0.29, 0.717) is 0 Å². The Balaban J connectivity index is 0. The Morgan fingerprint density at radius 1 is 1.00 bits per heavy atom. The van der Waals surface area contributed by atoms with Crippen molar-refractivity contribution < 1.29 is 29.3 Å². The van der Waals surface area contributed by atoms with Crippen LogP contribution in [0.1, 0.15) is 0 Å². The Labute approximate surface area is 69.7 Å². The molecular formula is C6H12O6. The number of hydrogen-bond donors (Lipinski definition) is 2. The van der Waals surface area contributed by atoms with Crippen LogP contribution < -0.4 is 0 Å². The Morgan fingerprint density at radius 2 is 1.25 bits per heavy atom. The van der Waals surface area contributed by atoms with Crippen molar-refractivity contribution in [2.75, 3.05) is 27.4 Å². The van der Waals surface area contributed by atoms with Crippen LogP contribution in [0.15, 0.2) is 0 Å². The SMILES string of the molecule is COC(=O)C(=O)OC.OCCO. The van der Waals surface area contributed by atoms with Gasteiger partial charge in [-0.3, -0.25) is 0 Å². The van der Waals surface area contributed by atoms with E-state index in [1.807, 2.05) is 0 Å². The number of rotatable bonds is 1. The van der Waals surface area contributed by atoms with Crippen LogP contribution in [-0.4, -0.2) is 49.6 Å². The molecule has 0 aliphatic heterocycles. The second-order valence-electron chi connectivity index (χ2n) is 1.43. The zero-order valence-electron chi connectivity index (χ0n) is 6.94. The average Bonchev–Trinajstić information content (AvgIpc) is 2.15. The minimum Gasteiger partial charge on any atom is -0.461 e. The molecule has 0 heterocycles. The van der Waals surface area contributed by atoms with Crippen molar-refractivity contribution in [3.05, 3.63) is 0 Å². The number of carbonyl (C=O) groups excluding carboxylic acids is 2. The predicted octanol–water partition coefficient (Wildman–Crippen LogP) is -1.70. The number of hydrogen-bond acceptors (Lipinski definition) is 6. The number of ether oxygens (including phenoxy) is 2. The van der Waals surface area contributed by atoms with E-state index < -0.39 is 11.9 Å². The summed E-state index contributed by atoms with van der Waals surface area (Å²) in [6.45, 7) is -0.250. The summed E-state index contributed by atoms with van der Waals surface area (Å²) in [5.41, 5.74) is 0. The lowest BCUT2D eigenvalue weighted by Gasteiger charge is -1.92. The van der Waals surface area contributed by atoms with E-state index in [1.165, 1.54) is 0 Å². The molecule has 0 aromatic carbocycles. The molecule has 0 saturated carbocycles. The maximum atomic E-state index is 10.0. The molecule has 0 bridgehead atoms. The van der Waals surface area contributed by atoms with Crippen molar-refractivity contribution in [1.29, 1.82) is 0 Å². The molecule has 6 heteroatoms. The van der Waals surface area contributed by atoms with Gasteiger partial charge < -0.3 is 19.7 Å². The first-order valence-corrected chi connectivity index (χ1v) is 3.02. The molecule has 0 aliphatic carbocycles. The lowest BCUT2D eigenvalue weighted by Crippen LogP contribution is -2.16.